The first kappa shape index (κ1) is 16.9. The summed E-state index contributed by atoms with van der Waals surface area (Å²) in [4.78, 5) is 25.6. The Morgan fingerprint density at radius 2 is 2.05 bits per heavy atom. The van der Waals surface area contributed by atoms with E-state index in [-0.39, 0.29) is 30.4 Å². The zero-order chi connectivity index (χ0) is 15.0. The largest absolute Gasteiger partial charge is 0.396 e. The molecule has 1 rings (SSSR count). The van der Waals surface area contributed by atoms with Crippen LogP contribution in [0.3, 0.4) is 0 Å². The van der Waals surface area contributed by atoms with Crippen LogP contribution in [0.2, 0.25) is 0 Å². The van der Waals surface area contributed by atoms with E-state index in [2.05, 4.69) is 5.32 Å². The van der Waals surface area contributed by atoms with Crippen LogP contribution in [0.15, 0.2) is 0 Å². The second-order valence-electron chi connectivity index (χ2n) is 5.40. The van der Waals surface area contributed by atoms with Crippen molar-refractivity contribution in [3.05, 3.63) is 0 Å². The Hall–Kier alpha value is -1.14. The number of nitrogens with two attached hydrogens (primary N) is 1. The maximum absolute atomic E-state index is 12.0. The van der Waals surface area contributed by atoms with Gasteiger partial charge in [0.1, 0.15) is 0 Å². The maximum atomic E-state index is 12.0. The van der Waals surface area contributed by atoms with Crippen molar-refractivity contribution < 1.29 is 14.7 Å². The van der Waals surface area contributed by atoms with Gasteiger partial charge in [-0.05, 0) is 25.7 Å². The molecule has 1 fully saturated rings. The highest BCUT2D eigenvalue weighted by molar-refractivity contribution is 5.80. The van der Waals surface area contributed by atoms with Gasteiger partial charge in [-0.3, -0.25) is 9.59 Å². The first-order valence-corrected chi connectivity index (χ1v) is 7.50. The Kier molecular flexibility index (Phi) is 7.54. The van der Waals surface area contributed by atoms with Crippen LogP contribution in [0.25, 0.3) is 0 Å². The van der Waals surface area contributed by atoms with Crippen molar-refractivity contribution in [2.75, 3.05) is 26.2 Å². The molecule has 0 aromatic carbocycles. The molecule has 0 radical (unpaired) electrons. The summed E-state index contributed by atoms with van der Waals surface area (Å²) in [5.74, 6) is 0.117. The van der Waals surface area contributed by atoms with Gasteiger partial charge in [0.25, 0.3) is 0 Å². The van der Waals surface area contributed by atoms with E-state index in [0.29, 0.717) is 45.3 Å². The van der Waals surface area contributed by atoms with Crippen molar-refractivity contribution >= 4 is 11.8 Å². The summed E-state index contributed by atoms with van der Waals surface area (Å²) in [7, 11) is 0. The third kappa shape index (κ3) is 5.46. The fraction of sp³-hybridized carbons (Fsp3) is 0.857. The number of nitrogens with one attached hydrogen (secondary N) is 1. The number of piperidine rings is 1. The third-order valence-electron chi connectivity index (χ3n) is 3.81. The van der Waals surface area contributed by atoms with E-state index in [1.165, 1.54) is 0 Å². The van der Waals surface area contributed by atoms with E-state index in [4.69, 9.17) is 10.8 Å². The van der Waals surface area contributed by atoms with Crippen molar-refractivity contribution in [2.45, 2.75) is 45.1 Å². The average molecular weight is 285 g/mol. The zero-order valence-corrected chi connectivity index (χ0v) is 12.3. The minimum absolute atomic E-state index is 0.0161. The Labute approximate surface area is 120 Å². The van der Waals surface area contributed by atoms with E-state index in [0.717, 1.165) is 6.42 Å². The Morgan fingerprint density at radius 3 is 2.60 bits per heavy atom. The van der Waals surface area contributed by atoms with Crippen molar-refractivity contribution in [3.8, 4) is 0 Å². The fourth-order valence-corrected chi connectivity index (χ4v) is 2.32. The quantitative estimate of drug-likeness (QED) is 0.567. The molecule has 0 aliphatic carbocycles. The van der Waals surface area contributed by atoms with Gasteiger partial charge in [-0.1, -0.05) is 6.92 Å². The van der Waals surface area contributed by atoms with E-state index in [1.54, 1.807) is 0 Å². The first-order valence-electron chi connectivity index (χ1n) is 7.50. The number of carbonyl (C=O) groups excluding carboxylic acids is 2. The van der Waals surface area contributed by atoms with E-state index < -0.39 is 0 Å². The number of nitrogens with zero attached hydrogens (tertiary/aromatic N) is 1. The highest BCUT2D eigenvalue weighted by Gasteiger charge is 2.27. The highest BCUT2D eigenvalue weighted by atomic mass is 16.3. The summed E-state index contributed by atoms with van der Waals surface area (Å²) in [5, 5.41) is 11.5. The maximum Gasteiger partial charge on any atom is 0.224 e. The summed E-state index contributed by atoms with van der Waals surface area (Å²) in [6.07, 6.45) is 3.19. The van der Waals surface area contributed by atoms with Gasteiger partial charge in [-0.25, -0.2) is 0 Å². The molecule has 0 spiro atoms. The number of hydrogen-bond donors (Lipinski definition) is 3. The molecule has 116 valence electrons. The van der Waals surface area contributed by atoms with Gasteiger partial charge in [0.2, 0.25) is 11.8 Å². The van der Waals surface area contributed by atoms with Gasteiger partial charge in [0.15, 0.2) is 0 Å². The molecular weight excluding hydrogens is 258 g/mol. The lowest BCUT2D eigenvalue weighted by Gasteiger charge is -2.32. The van der Waals surface area contributed by atoms with E-state index in [1.807, 2.05) is 11.8 Å². The second-order valence-corrected chi connectivity index (χ2v) is 5.40. The molecule has 6 heteroatoms. The molecular formula is C14H27N3O3. The van der Waals surface area contributed by atoms with Crippen molar-refractivity contribution in [2.24, 2.45) is 11.7 Å². The van der Waals surface area contributed by atoms with Gasteiger partial charge in [0.05, 0.1) is 0 Å². The lowest BCUT2D eigenvalue weighted by atomic mass is 9.95. The van der Waals surface area contributed by atoms with Crippen LogP contribution < -0.4 is 11.1 Å². The molecule has 0 aromatic rings. The monoisotopic (exact) mass is 285 g/mol. The molecule has 4 N–H and O–H groups in total. The van der Waals surface area contributed by atoms with Crippen LogP contribution in [0.5, 0.6) is 0 Å². The molecule has 0 saturated carbocycles. The minimum atomic E-state index is -0.0676. The number of aliphatic hydroxyl groups excluding tert-OH is 1. The third-order valence-corrected chi connectivity index (χ3v) is 3.81. The molecule has 1 unspecified atom stereocenters. The summed E-state index contributed by atoms with van der Waals surface area (Å²) < 4.78 is 0. The number of likely N-dealkylation sites (tertiary alicyclic amines) is 1. The van der Waals surface area contributed by atoms with Gasteiger partial charge >= 0.3 is 0 Å². The van der Waals surface area contributed by atoms with Crippen molar-refractivity contribution in [1.29, 1.82) is 0 Å². The molecule has 1 aliphatic rings. The zero-order valence-electron chi connectivity index (χ0n) is 12.3. The molecule has 1 atom stereocenters. The Morgan fingerprint density at radius 1 is 1.40 bits per heavy atom. The second kappa shape index (κ2) is 8.92. The van der Waals surface area contributed by atoms with Gasteiger partial charge in [-0.15, -0.1) is 0 Å². The summed E-state index contributed by atoms with van der Waals surface area (Å²) >= 11 is 0. The standard InChI is InChI=1S/C14H27N3O3/c1-2-12(15)10-13(19)17-7-4-11(5-8-17)14(20)16-6-3-9-18/h11-12,18H,2-10,15H2,1H3,(H,16,20). The first-order chi connectivity index (χ1) is 9.58. The Balaban J connectivity index is 2.28. The number of hydrogen-bond acceptors (Lipinski definition) is 4. The molecule has 2 amide bonds. The number of amides is 2. The number of rotatable bonds is 7. The topological polar surface area (TPSA) is 95.7 Å². The average Bonchev–Trinajstić information content (AvgIpc) is 2.47. The lowest BCUT2D eigenvalue weighted by Crippen LogP contribution is -2.44. The fourth-order valence-electron chi connectivity index (χ4n) is 2.32. The predicted octanol–water partition coefficient (Wildman–Crippen LogP) is -0.149. The molecule has 1 saturated heterocycles. The van der Waals surface area contributed by atoms with Gasteiger partial charge in [0, 0.05) is 44.6 Å². The van der Waals surface area contributed by atoms with Crippen LogP contribution in [-0.4, -0.2) is 54.1 Å². The van der Waals surface area contributed by atoms with E-state index in [9.17, 15) is 9.59 Å². The summed E-state index contributed by atoms with van der Waals surface area (Å²) in [5.41, 5.74) is 5.79. The predicted molar refractivity (Wildman–Crippen MR) is 76.9 cm³/mol. The smallest absolute Gasteiger partial charge is 0.224 e. The molecule has 0 aromatic heterocycles. The van der Waals surface area contributed by atoms with Crippen LogP contribution in [0.4, 0.5) is 0 Å². The highest BCUT2D eigenvalue weighted by Crippen LogP contribution is 2.18. The normalized spacial score (nSPS) is 17.9. The minimum Gasteiger partial charge on any atom is -0.396 e. The summed E-state index contributed by atoms with van der Waals surface area (Å²) in [6.45, 7) is 3.84. The molecule has 1 heterocycles. The molecule has 6 nitrogen and oxygen atoms in total. The SMILES string of the molecule is CCC(N)CC(=O)N1CCC(C(=O)NCCCO)CC1. The number of aliphatic hydroxyl groups is 1. The van der Waals surface area contributed by atoms with Crippen LogP contribution in [-0.2, 0) is 9.59 Å². The van der Waals surface area contributed by atoms with Crippen molar-refractivity contribution in [1.82, 2.24) is 10.2 Å². The molecule has 20 heavy (non-hydrogen) atoms. The van der Waals surface area contributed by atoms with Gasteiger partial charge in [-0.2, -0.15) is 0 Å². The molecule has 0 bridgehead atoms. The molecule has 1 aliphatic heterocycles. The van der Waals surface area contributed by atoms with Crippen LogP contribution in [0, 0.1) is 5.92 Å². The van der Waals surface area contributed by atoms with E-state index >= 15 is 0 Å². The van der Waals surface area contributed by atoms with Crippen LogP contribution >= 0.6 is 0 Å². The number of carbonyl (C=O) groups is 2. The van der Waals surface area contributed by atoms with Crippen molar-refractivity contribution in [3.63, 3.8) is 0 Å². The summed E-state index contributed by atoms with van der Waals surface area (Å²) in [6, 6.07) is -0.0676. The van der Waals surface area contributed by atoms with Crippen LogP contribution in [0.1, 0.15) is 39.0 Å². The Bertz CT molecular complexity index is 315. The van der Waals surface area contributed by atoms with Gasteiger partial charge < -0.3 is 21.1 Å². The lowest BCUT2D eigenvalue weighted by molar-refractivity contribution is -0.135.